The summed E-state index contributed by atoms with van der Waals surface area (Å²) in [5.74, 6) is 5.22. The Labute approximate surface area is 69.6 Å². The Balaban J connectivity index is 2.25. The molecule has 1 fully saturated rings. The molecule has 0 spiro atoms. The lowest BCUT2D eigenvalue weighted by Gasteiger charge is -2.00. The zero-order valence-electron chi connectivity index (χ0n) is 6.42. The molecule has 0 radical (unpaired) electrons. The second kappa shape index (κ2) is 2.19. The molecule has 3 N–H and O–H groups in total. The van der Waals surface area contributed by atoms with E-state index in [0.717, 1.165) is 5.13 Å². The molecule has 1 aromatic heterocycles. The number of nitrogens with two attached hydrogens (primary N) is 1. The summed E-state index contributed by atoms with van der Waals surface area (Å²) in [6.07, 6.45) is 2.53. The minimum Gasteiger partial charge on any atom is -0.300 e. The van der Waals surface area contributed by atoms with Crippen LogP contribution in [0.1, 0.15) is 25.5 Å². The number of hydrogen-bond acceptors (Lipinski definition) is 4. The van der Waals surface area contributed by atoms with Gasteiger partial charge in [0.25, 0.3) is 0 Å². The highest BCUT2D eigenvalue weighted by molar-refractivity contribution is 7.13. The molecular formula is C7H11N3S. The van der Waals surface area contributed by atoms with Crippen molar-refractivity contribution in [3.63, 3.8) is 0 Å². The van der Waals surface area contributed by atoms with Crippen LogP contribution in [0.25, 0.3) is 0 Å². The third-order valence-corrected chi connectivity index (χ3v) is 3.02. The summed E-state index contributed by atoms with van der Waals surface area (Å²) >= 11 is 1.57. The van der Waals surface area contributed by atoms with Gasteiger partial charge in [-0.2, -0.15) is 0 Å². The van der Waals surface area contributed by atoms with Crippen LogP contribution in [0, 0.1) is 0 Å². The lowest BCUT2D eigenvalue weighted by molar-refractivity contribution is 0.759. The van der Waals surface area contributed by atoms with E-state index < -0.39 is 0 Å². The van der Waals surface area contributed by atoms with Gasteiger partial charge in [0.15, 0.2) is 5.13 Å². The molecule has 1 aliphatic carbocycles. The maximum absolute atomic E-state index is 5.22. The molecule has 1 saturated carbocycles. The molecule has 3 nitrogen and oxygen atoms in total. The standard InChI is InChI=1S/C7H11N3S/c1-7(2-3-7)5-4-11-6(9-5)10-8/h4H,2-3,8H2,1H3,(H,9,10). The molecule has 11 heavy (non-hydrogen) atoms. The molecule has 0 bridgehead atoms. The van der Waals surface area contributed by atoms with Crippen LogP contribution in [0.5, 0.6) is 0 Å². The number of nitrogens with zero attached hydrogens (tertiary/aromatic N) is 1. The number of thiazole rings is 1. The van der Waals surface area contributed by atoms with Crippen molar-refractivity contribution in [2.75, 3.05) is 5.43 Å². The van der Waals surface area contributed by atoms with Crippen LogP contribution in [0.2, 0.25) is 0 Å². The number of hydrazine groups is 1. The smallest absolute Gasteiger partial charge is 0.197 e. The second-order valence-electron chi connectivity index (χ2n) is 3.24. The SMILES string of the molecule is CC1(c2csc(NN)n2)CC1. The number of aromatic nitrogens is 1. The van der Waals surface area contributed by atoms with Gasteiger partial charge >= 0.3 is 0 Å². The zero-order valence-corrected chi connectivity index (χ0v) is 7.24. The van der Waals surface area contributed by atoms with Gasteiger partial charge in [-0.15, -0.1) is 11.3 Å². The van der Waals surface area contributed by atoms with Gasteiger partial charge in [0.2, 0.25) is 0 Å². The fraction of sp³-hybridized carbons (Fsp3) is 0.571. The average Bonchev–Trinajstić information content (AvgIpc) is 2.61. The van der Waals surface area contributed by atoms with Gasteiger partial charge in [0.05, 0.1) is 5.69 Å². The van der Waals surface area contributed by atoms with Gasteiger partial charge < -0.3 is 0 Å². The third kappa shape index (κ3) is 1.12. The van der Waals surface area contributed by atoms with Crippen molar-refractivity contribution in [1.82, 2.24) is 4.98 Å². The first-order valence-electron chi connectivity index (χ1n) is 3.67. The van der Waals surface area contributed by atoms with Crippen LogP contribution in [-0.4, -0.2) is 4.98 Å². The first-order valence-corrected chi connectivity index (χ1v) is 4.55. The molecule has 0 amide bonds. The van der Waals surface area contributed by atoms with Gasteiger partial charge in [-0.25, -0.2) is 10.8 Å². The van der Waals surface area contributed by atoms with E-state index in [9.17, 15) is 0 Å². The van der Waals surface area contributed by atoms with Crippen molar-refractivity contribution in [2.45, 2.75) is 25.2 Å². The summed E-state index contributed by atoms with van der Waals surface area (Å²) in [6, 6.07) is 0. The van der Waals surface area contributed by atoms with Gasteiger partial charge in [0.1, 0.15) is 0 Å². The van der Waals surface area contributed by atoms with Gasteiger partial charge in [0, 0.05) is 10.8 Å². The molecule has 1 heterocycles. The first kappa shape index (κ1) is 7.06. The number of nitrogen functional groups attached to an aromatic ring is 1. The van der Waals surface area contributed by atoms with E-state index in [2.05, 4.69) is 22.7 Å². The molecule has 0 aromatic carbocycles. The average molecular weight is 169 g/mol. The second-order valence-corrected chi connectivity index (χ2v) is 4.10. The molecule has 0 atom stereocenters. The topological polar surface area (TPSA) is 50.9 Å². The molecule has 0 saturated heterocycles. The van der Waals surface area contributed by atoms with Crippen LogP contribution >= 0.6 is 11.3 Å². The normalized spacial score (nSPS) is 19.8. The van der Waals surface area contributed by atoms with E-state index in [-0.39, 0.29) is 0 Å². The van der Waals surface area contributed by atoms with Crippen LogP contribution in [-0.2, 0) is 5.41 Å². The summed E-state index contributed by atoms with van der Waals surface area (Å²) in [6.45, 7) is 2.24. The lowest BCUT2D eigenvalue weighted by atomic mass is 10.1. The maximum atomic E-state index is 5.22. The number of nitrogens with one attached hydrogen (secondary N) is 1. The van der Waals surface area contributed by atoms with E-state index in [0.29, 0.717) is 5.41 Å². The lowest BCUT2D eigenvalue weighted by Crippen LogP contribution is -2.07. The van der Waals surface area contributed by atoms with Crippen molar-refractivity contribution in [2.24, 2.45) is 5.84 Å². The number of hydrogen-bond donors (Lipinski definition) is 2. The van der Waals surface area contributed by atoms with Crippen molar-refractivity contribution >= 4 is 16.5 Å². The molecular weight excluding hydrogens is 158 g/mol. The van der Waals surface area contributed by atoms with E-state index in [1.54, 1.807) is 11.3 Å². The molecule has 1 aliphatic rings. The van der Waals surface area contributed by atoms with Gasteiger partial charge in [-0.3, -0.25) is 5.43 Å². The van der Waals surface area contributed by atoms with Crippen LogP contribution in [0.3, 0.4) is 0 Å². The molecule has 0 aliphatic heterocycles. The Kier molecular flexibility index (Phi) is 1.40. The Hall–Kier alpha value is -0.610. The van der Waals surface area contributed by atoms with Crippen molar-refractivity contribution < 1.29 is 0 Å². The molecule has 1 aromatic rings. The monoisotopic (exact) mass is 169 g/mol. The summed E-state index contributed by atoms with van der Waals surface area (Å²) in [5, 5.41) is 2.90. The van der Waals surface area contributed by atoms with Gasteiger partial charge in [-0.05, 0) is 12.8 Å². The minimum absolute atomic E-state index is 0.367. The Morgan fingerprint density at radius 1 is 1.73 bits per heavy atom. The Morgan fingerprint density at radius 2 is 2.45 bits per heavy atom. The predicted octanol–water partition coefficient (Wildman–Crippen LogP) is 1.48. The first-order chi connectivity index (χ1) is 5.24. The predicted molar refractivity (Wildman–Crippen MR) is 46.5 cm³/mol. The fourth-order valence-electron chi connectivity index (χ4n) is 1.06. The van der Waals surface area contributed by atoms with Crippen molar-refractivity contribution in [3.05, 3.63) is 11.1 Å². The number of anilines is 1. The highest BCUT2D eigenvalue weighted by atomic mass is 32.1. The molecule has 2 rings (SSSR count). The van der Waals surface area contributed by atoms with Crippen molar-refractivity contribution in [3.8, 4) is 0 Å². The summed E-state index contributed by atoms with van der Waals surface area (Å²) in [7, 11) is 0. The summed E-state index contributed by atoms with van der Waals surface area (Å²) < 4.78 is 0. The largest absolute Gasteiger partial charge is 0.300 e. The summed E-state index contributed by atoms with van der Waals surface area (Å²) in [5.41, 5.74) is 4.11. The minimum atomic E-state index is 0.367. The van der Waals surface area contributed by atoms with Crippen LogP contribution < -0.4 is 11.3 Å². The Morgan fingerprint density at radius 3 is 2.91 bits per heavy atom. The van der Waals surface area contributed by atoms with E-state index >= 15 is 0 Å². The summed E-state index contributed by atoms with van der Waals surface area (Å²) in [4.78, 5) is 4.34. The van der Waals surface area contributed by atoms with Crippen molar-refractivity contribution in [1.29, 1.82) is 0 Å². The fourth-order valence-corrected chi connectivity index (χ4v) is 1.84. The zero-order chi connectivity index (χ0) is 7.90. The highest BCUT2D eigenvalue weighted by Gasteiger charge is 2.41. The molecule has 0 unspecified atom stereocenters. The molecule has 4 heteroatoms. The number of rotatable bonds is 2. The van der Waals surface area contributed by atoms with E-state index in [1.165, 1.54) is 18.5 Å². The third-order valence-electron chi connectivity index (χ3n) is 2.25. The van der Waals surface area contributed by atoms with E-state index in [1.807, 2.05) is 0 Å². The van der Waals surface area contributed by atoms with Crippen LogP contribution in [0.15, 0.2) is 5.38 Å². The highest BCUT2D eigenvalue weighted by Crippen LogP contribution is 2.47. The van der Waals surface area contributed by atoms with E-state index in [4.69, 9.17) is 5.84 Å². The maximum Gasteiger partial charge on any atom is 0.197 e. The Bertz CT molecular complexity index is 264. The van der Waals surface area contributed by atoms with Gasteiger partial charge in [-0.1, -0.05) is 6.92 Å². The quantitative estimate of drug-likeness (QED) is 0.521. The molecule has 60 valence electrons. The van der Waals surface area contributed by atoms with Crippen LogP contribution in [0.4, 0.5) is 5.13 Å².